The SMILES string of the molecule is CNc1ncc(S(=O)(=O)NCC2(C)CCC2)cc1Cl. The first kappa shape index (κ1) is 14.6. The summed E-state index contributed by atoms with van der Waals surface area (Å²) in [5.74, 6) is 0.464. The van der Waals surface area contributed by atoms with Crippen LogP contribution >= 0.6 is 11.6 Å². The van der Waals surface area contributed by atoms with E-state index in [0.29, 0.717) is 17.4 Å². The van der Waals surface area contributed by atoms with E-state index in [0.717, 1.165) is 12.8 Å². The Labute approximate surface area is 118 Å². The molecule has 0 unspecified atom stereocenters. The topological polar surface area (TPSA) is 71.1 Å². The van der Waals surface area contributed by atoms with Gasteiger partial charge in [0.25, 0.3) is 0 Å². The summed E-state index contributed by atoms with van der Waals surface area (Å²) in [7, 11) is -1.86. The highest BCUT2D eigenvalue weighted by molar-refractivity contribution is 7.89. The summed E-state index contributed by atoms with van der Waals surface area (Å²) >= 11 is 5.95. The minimum Gasteiger partial charge on any atom is -0.372 e. The summed E-state index contributed by atoms with van der Waals surface area (Å²) in [6.07, 6.45) is 4.60. The van der Waals surface area contributed by atoms with Crippen LogP contribution in [0.2, 0.25) is 5.02 Å². The Morgan fingerprint density at radius 2 is 2.16 bits per heavy atom. The molecule has 1 aliphatic rings. The number of sulfonamides is 1. The lowest BCUT2D eigenvalue weighted by Crippen LogP contribution is -2.39. The lowest BCUT2D eigenvalue weighted by atomic mass is 9.71. The second-order valence-corrected chi connectivity index (χ2v) is 7.41. The quantitative estimate of drug-likeness (QED) is 0.875. The summed E-state index contributed by atoms with van der Waals surface area (Å²) in [5, 5.41) is 3.08. The molecule has 0 radical (unpaired) electrons. The van der Waals surface area contributed by atoms with Gasteiger partial charge < -0.3 is 5.32 Å². The Hall–Kier alpha value is -0.850. The average Bonchev–Trinajstić information content (AvgIpc) is 2.34. The van der Waals surface area contributed by atoms with E-state index in [1.54, 1.807) is 7.05 Å². The normalized spacial score (nSPS) is 17.8. The summed E-state index contributed by atoms with van der Waals surface area (Å²) < 4.78 is 26.9. The first-order valence-electron chi connectivity index (χ1n) is 6.19. The van der Waals surface area contributed by atoms with Gasteiger partial charge in [-0.1, -0.05) is 24.9 Å². The molecule has 7 heteroatoms. The second-order valence-electron chi connectivity index (χ2n) is 5.24. The average molecular weight is 304 g/mol. The van der Waals surface area contributed by atoms with Crippen molar-refractivity contribution in [3.05, 3.63) is 17.3 Å². The van der Waals surface area contributed by atoms with E-state index in [9.17, 15) is 8.42 Å². The molecule has 1 saturated carbocycles. The third-order valence-corrected chi connectivity index (χ3v) is 5.27. The minimum atomic E-state index is -3.54. The molecule has 106 valence electrons. The van der Waals surface area contributed by atoms with Gasteiger partial charge in [-0.15, -0.1) is 0 Å². The molecule has 2 N–H and O–H groups in total. The Balaban J connectivity index is 2.12. The third kappa shape index (κ3) is 3.19. The summed E-state index contributed by atoms with van der Waals surface area (Å²) in [6, 6.07) is 1.41. The fraction of sp³-hybridized carbons (Fsp3) is 0.583. The maximum atomic E-state index is 12.1. The number of rotatable bonds is 5. The van der Waals surface area contributed by atoms with Crippen LogP contribution in [0.25, 0.3) is 0 Å². The first-order valence-corrected chi connectivity index (χ1v) is 8.05. The Bertz CT molecular complexity index is 570. The van der Waals surface area contributed by atoms with Crippen LogP contribution in [0.4, 0.5) is 5.82 Å². The maximum absolute atomic E-state index is 12.1. The standard InChI is InChI=1S/C12H18ClN3O2S/c1-12(4-3-5-12)8-16-19(17,18)9-6-10(13)11(14-2)15-7-9/h6-7,16H,3-5,8H2,1-2H3,(H,14,15). The number of hydrogen-bond acceptors (Lipinski definition) is 4. The number of halogens is 1. The molecule has 1 aromatic rings. The van der Waals surface area contributed by atoms with Crippen molar-refractivity contribution in [2.75, 3.05) is 18.9 Å². The van der Waals surface area contributed by atoms with Crippen molar-refractivity contribution in [3.8, 4) is 0 Å². The Morgan fingerprint density at radius 3 is 2.63 bits per heavy atom. The van der Waals surface area contributed by atoms with Crippen molar-refractivity contribution < 1.29 is 8.42 Å². The molecular formula is C12H18ClN3O2S. The molecular weight excluding hydrogens is 286 g/mol. The number of anilines is 1. The molecule has 0 amide bonds. The van der Waals surface area contributed by atoms with E-state index in [-0.39, 0.29) is 10.3 Å². The predicted octanol–water partition coefficient (Wildman–Crippen LogP) is 2.25. The Morgan fingerprint density at radius 1 is 1.47 bits per heavy atom. The molecule has 1 aromatic heterocycles. The number of pyridine rings is 1. The molecule has 1 aliphatic carbocycles. The van der Waals surface area contributed by atoms with E-state index in [1.165, 1.54) is 18.7 Å². The third-order valence-electron chi connectivity index (χ3n) is 3.61. The number of hydrogen-bond donors (Lipinski definition) is 2. The van der Waals surface area contributed by atoms with E-state index in [2.05, 4.69) is 21.9 Å². The van der Waals surface area contributed by atoms with Gasteiger partial charge in [-0.25, -0.2) is 18.1 Å². The molecule has 1 heterocycles. The zero-order valence-electron chi connectivity index (χ0n) is 11.0. The van der Waals surface area contributed by atoms with Crippen molar-refractivity contribution in [1.29, 1.82) is 0 Å². The lowest BCUT2D eigenvalue weighted by molar-refractivity contribution is 0.166. The van der Waals surface area contributed by atoms with Crippen molar-refractivity contribution in [3.63, 3.8) is 0 Å². The summed E-state index contributed by atoms with van der Waals surface area (Å²) in [6.45, 7) is 2.55. The molecule has 5 nitrogen and oxygen atoms in total. The molecule has 2 rings (SSSR count). The zero-order valence-corrected chi connectivity index (χ0v) is 12.6. The maximum Gasteiger partial charge on any atom is 0.242 e. The lowest BCUT2D eigenvalue weighted by Gasteiger charge is -2.38. The van der Waals surface area contributed by atoms with Gasteiger partial charge in [0.2, 0.25) is 10.0 Å². The molecule has 19 heavy (non-hydrogen) atoms. The molecule has 0 bridgehead atoms. The van der Waals surface area contributed by atoms with E-state index in [4.69, 9.17) is 11.6 Å². The van der Waals surface area contributed by atoms with Gasteiger partial charge in [0, 0.05) is 19.8 Å². The van der Waals surface area contributed by atoms with Crippen molar-refractivity contribution in [1.82, 2.24) is 9.71 Å². The van der Waals surface area contributed by atoms with Gasteiger partial charge in [-0.2, -0.15) is 0 Å². The van der Waals surface area contributed by atoms with Gasteiger partial charge in [0.15, 0.2) is 0 Å². The molecule has 0 spiro atoms. The zero-order chi connectivity index (χ0) is 14.1. The van der Waals surface area contributed by atoms with E-state index >= 15 is 0 Å². The summed E-state index contributed by atoms with van der Waals surface area (Å²) in [5.41, 5.74) is 0.0925. The van der Waals surface area contributed by atoms with Crippen LogP contribution in [0.1, 0.15) is 26.2 Å². The van der Waals surface area contributed by atoms with Crippen LogP contribution in [0, 0.1) is 5.41 Å². The second kappa shape index (κ2) is 5.26. The number of aromatic nitrogens is 1. The van der Waals surface area contributed by atoms with Crippen molar-refractivity contribution in [2.24, 2.45) is 5.41 Å². The Kier molecular flexibility index (Phi) is 4.03. The van der Waals surface area contributed by atoms with Crippen LogP contribution in [-0.4, -0.2) is 27.0 Å². The van der Waals surface area contributed by atoms with Crippen molar-refractivity contribution in [2.45, 2.75) is 31.1 Å². The molecule has 0 aliphatic heterocycles. The fourth-order valence-electron chi connectivity index (χ4n) is 2.06. The van der Waals surface area contributed by atoms with Crippen LogP contribution < -0.4 is 10.0 Å². The molecule has 0 atom stereocenters. The van der Waals surface area contributed by atoms with Crippen molar-refractivity contribution >= 4 is 27.4 Å². The monoisotopic (exact) mass is 303 g/mol. The fourth-order valence-corrected chi connectivity index (χ4v) is 3.56. The van der Waals surface area contributed by atoms with E-state index in [1.807, 2.05) is 0 Å². The highest BCUT2D eigenvalue weighted by atomic mass is 35.5. The van der Waals surface area contributed by atoms with Crippen LogP contribution in [-0.2, 0) is 10.0 Å². The number of nitrogens with zero attached hydrogens (tertiary/aromatic N) is 1. The highest BCUT2D eigenvalue weighted by Gasteiger charge is 2.33. The minimum absolute atomic E-state index is 0.0925. The highest BCUT2D eigenvalue weighted by Crippen LogP contribution is 2.39. The largest absolute Gasteiger partial charge is 0.372 e. The summed E-state index contributed by atoms with van der Waals surface area (Å²) in [4.78, 5) is 4.08. The van der Waals surface area contributed by atoms with Gasteiger partial charge in [-0.3, -0.25) is 0 Å². The van der Waals surface area contributed by atoms with Gasteiger partial charge in [0.1, 0.15) is 10.7 Å². The molecule has 0 saturated heterocycles. The smallest absolute Gasteiger partial charge is 0.242 e. The first-order chi connectivity index (χ1) is 8.86. The van der Waals surface area contributed by atoms with Gasteiger partial charge in [-0.05, 0) is 24.3 Å². The van der Waals surface area contributed by atoms with Gasteiger partial charge in [0.05, 0.1) is 5.02 Å². The molecule has 1 fully saturated rings. The van der Waals surface area contributed by atoms with Gasteiger partial charge >= 0.3 is 0 Å². The van der Waals surface area contributed by atoms with Crippen LogP contribution in [0.5, 0.6) is 0 Å². The predicted molar refractivity (Wildman–Crippen MR) is 75.9 cm³/mol. The van der Waals surface area contributed by atoms with Crippen LogP contribution in [0.15, 0.2) is 17.2 Å². The van der Waals surface area contributed by atoms with Crippen LogP contribution in [0.3, 0.4) is 0 Å². The molecule has 0 aromatic carbocycles. The number of nitrogens with one attached hydrogen (secondary N) is 2. The van der Waals surface area contributed by atoms with E-state index < -0.39 is 10.0 Å².